The lowest BCUT2D eigenvalue weighted by atomic mass is 9.88. The van der Waals surface area contributed by atoms with E-state index in [-0.39, 0.29) is 18.0 Å². The third-order valence-electron chi connectivity index (χ3n) is 3.49. The van der Waals surface area contributed by atoms with Crippen LogP contribution < -0.4 is 0 Å². The first-order chi connectivity index (χ1) is 8.58. The van der Waals surface area contributed by atoms with Crippen LogP contribution in [-0.2, 0) is 9.53 Å². The number of carbonyl (C=O) groups is 1. The summed E-state index contributed by atoms with van der Waals surface area (Å²) in [5, 5.41) is 0. The highest BCUT2D eigenvalue weighted by Crippen LogP contribution is 2.26. The Bertz CT molecular complexity index is 209. The topological polar surface area (TPSA) is 26.3 Å². The molecule has 0 radical (unpaired) electrons. The molecule has 1 rings (SSSR count). The molecule has 1 saturated carbocycles. The molecule has 2 heteroatoms. The summed E-state index contributed by atoms with van der Waals surface area (Å²) < 4.78 is 5.57. The third kappa shape index (κ3) is 7.03. The van der Waals surface area contributed by atoms with E-state index in [1.807, 2.05) is 0 Å². The quantitative estimate of drug-likeness (QED) is 0.664. The van der Waals surface area contributed by atoms with Crippen LogP contribution in [0.3, 0.4) is 0 Å². The second-order valence-electron chi connectivity index (χ2n) is 5.55. The Morgan fingerprint density at radius 3 is 2.17 bits per heavy atom. The number of esters is 1. The number of rotatable bonds is 4. The van der Waals surface area contributed by atoms with E-state index in [1.54, 1.807) is 0 Å². The van der Waals surface area contributed by atoms with Crippen molar-refractivity contribution in [1.82, 2.24) is 0 Å². The number of carbonyl (C=O) groups excluding carboxylic acids is 1. The van der Waals surface area contributed by atoms with Crippen LogP contribution >= 0.6 is 0 Å². The van der Waals surface area contributed by atoms with E-state index in [2.05, 4.69) is 34.6 Å². The highest BCUT2D eigenvalue weighted by atomic mass is 16.5. The Balaban J connectivity index is 0.000000873. The zero-order chi connectivity index (χ0) is 14.0. The third-order valence-corrected chi connectivity index (χ3v) is 3.49. The highest BCUT2D eigenvalue weighted by molar-refractivity contribution is 5.72. The molecule has 2 unspecified atom stereocenters. The summed E-state index contributed by atoms with van der Waals surface area (Å²) in [5.74, 6) is 0.861. The van der Waals surface area contributed by atoms with Gasteiger partial charge in [0.1, 0.15) is 6.10 Å². The van der Waals surface area contributed by atoms with Crippen molar-refractivity contribution in [2.24, 2.45) is 11.8 Å². The average molecular weight is 256 g/mol. The predicted molar refractivity (Wildman–Crippen MR) is 77.5 cm³/mol. The molecule has 0 saturated heterocycles. The van der Waals surface area contributed by atoms with Crippen molar-refractivity contribution >= 4 is 5.97 Å². The Labute approximate surface area is 113 Å². The Morgan fingerprint density at radius 2 is 1.72 bits per heavy atom. The molecule has 0 heterocycles. The van der Waals surface area contributed by atoms with Gasteiger partial charge in [0.2, 0.25) is 0 Å². The molecule has 2 nitrogen and oxygen atoms in total. The van der Waals surface area contributed by atoms with Crippen molar-refractivity contribution in [2.45, 2.75) is 85.7 Å². The van der Waals surface area contributed by atoms with Gasteiger partial charge in [-0.2, -0.15) is 0 Å². The maximum absolute atomic E-state index is 11.8. The Morgan fingerprint density at radius 1 is 1.17 bits per heavy atom. The molecule has 0 aromatic rings. The normalized spacial score (nSPS) is 23.2. The van der Waals surface area contributed by atoms with Gasteiger partial charge in [0.05, 0.1) is 5.92 Å². The van der Waals surface area contributed by atoms with Crippen LogP contribution in [0.2, 0.25) is 0 Å². The van der Waals surface area contributed by atoms with E-state index in [0.29, 0.717) is 0 Å². The highest BCUT2D eigenvalue weighted by Gasteiger charge is 2.24. The van der Waals surface area contributed by atoms with Gasteiger partial charge in [0.15, 0.2) is 0 Å². The number of hydrogen-bond donors (Lipinski definition) is 0. The van der Waals surface area contributed by atoms with Crippen LogP contribution in [0.5, 0.6) is 0 Å². The lowest BCUT2D eigenvalue weighted by Gasteiger charge is -2.27. The van der Waals surface area contributed by atoms with Crippen LogP contribution in [0.4, 0.5) is 0 Å². The second-order valence-corrected chi connectivity index (χ2v) is 5.55. The largest absolute Gasteiger partial charge is 0.462 e. The van der Waals surface area contributed by atoms with Crippen LogP contribution in [0, 0.1) is 11.8 Å². The van der Waals surface area contributed by atoms with E-state index in [1.165, 1.54) is 19.3 Å². The van der Waals surface area contributed by atoms with Gasteiger partial charge in [-0.15, -0.1) is 0 Å². The van der Waals surface area contributed by atoms with E-state index in [4.69, 9.17) is 4.74 Å². The van der Waals surface area contributed by atoms with Crippen LogP contribution in [0.1, 0.15) is 79.6 Å². The zero-order valence-corrected chi connectivity index (χ0v) is 13.0. The number of hydrogen-bond acceptors (Lipinski definition) is 2. The van der Waals surface area contributed by atoms with Gasteiger partial charge < -0.3 is 4.74 Å². The smallest absolute Gasteiger partial charge is 0.309 e. The van der Waals surface area contributed by atoms with Gasteiger partial charge in [-0.3, -0.25) is 4.79 Å². The molecule has 108 valence electrons. The first-order valence-electron chi connectivity index (χ1n) is 7.79. The van der Waals surface area contributed by atoms with Crippen LogP contribution in [0.25, 0.3) is 0 Å². The molecule has 18 heavy (non-hydrogen) atoms. The molecule has 0 bridgehead atoms. The Kier molecular flexibility index (Phi) is 10.1. The standard InChI is InChI=1S/C13H24O2.C3H8/c1-4-11(5-2)13(14)15-12-8-6-7-10(3)9-12;1-3-2/h10-12H,4-9H2,1-3H3;3H2,1-2H3. The summed E-state index contributed by atoms with van der Waals surface area (Å²) in [5.41, 5.74) is 0. The first kappa shape index (κ1) is 17.5. The molecular weight excluding hydrogens is 224 g/mol. The van der Waals surface area contributed by atoms with Gasteiger partial charge in [-0.1, -0.05) is 47.5 Å². The summed E-state index contributed by atoms with van der Waals surface area (Å²) in [4.78, 5) is 11.8. The minimum Gasteiger partial charge on any atom is -0.462 e. The van der Waals surface area contributed by atoms with Crippen LogP contribution in [0.15, 0.2) is 0 Å². The number of ether oxygens (including phenoxy) is 1. The lowest BCUT2D eigenvalue weighted by Crippen LogP contribution is -2.27. The van der Waals surface area contributed by atoms with Gasteiger partial charge in [0.25, 0.3) is 0 Å². The predicted octanol–water partition coefficient (Wildman–Crippen LogP) is 4.96. The molecule has 1 aliphatic carbocycles. The summed E-state index contributed by atoms with van der Waals surface area (Å²) in [6, 6.07) is 0. The lowest BCUT2D eigenvalue weighted by molar-refractivity contribution is -0.156. The first-order valence-corrected chi connectivity index (χ1v) is 7.79. The molecule has 0 aliphatic heterocycles. The van der Waals surface area contributed by atoms with Crippen molar-refractivity contribution in [2.75, 3.05) is 0 Å². The maximum atomic E-state index is 11.8. The van der Waals surface area contributed by atoms with Crippen molar-refractivity contribution in [3.05, 3.63) is 0 Å². The van der Waals surface area contributed by atoms with Gasteiger partial charge >= 0.3 is 5.97 Å². The van der Waals surface area contributed by atoms with E-state index >= 15 is 0 Å². The fourth-order valence-corrected chi connectivity index (χ4v) is 2.37. The van der Waals surface area contributed by atoms with Gasteiger partial charge in [-0.25, -0.2) is 0 Å². The fraction of sp³-hybridized carbons (Fsp3) is 0.938. The van der Waals surface area contributed by atoms with Crippen molar-refractivity contribution in [1.29, 1.82) is 0 Å². The monoisotopic (exact) mass is 256 g/mol. The van der Waals surface area contributed by atoms with Gasteiger partial charge in [0, 0.05) is 0 Å². The molecule has 1 fully saturated rings. The minimum atomic E-state index is 0.0269. The SMILES string of the molecule is CCC.CCC(CC)C(=O)OC1CCCC(C)C1. The summed E-state index contributed by atoms with van der Waals surface area (Å²) >= 11 is 0. The molecule has 2 atom stereocenters. The van der Waals surface area contributed by atoms with Gasteiger partial charge in [-0.05, 0) is 38.0 Å². The summed E-state index contributed by atoms with van der Waals surface area (Å²) in [6.45, 7) is 10.6. The molecule has 0 aromatic carbocycles. The molecule has 0 amide bonds. The van der Waals surface area contributed by atoms with Crippen molar-refractivity contribution in [3.63, 3.8) is 0 Å². The van der Waals surface area contributed by atoms with E-state index < -0.39 is 0 Å². The molecule has 1 aliphatic rings. The van der Waals surface area contributed by atoms with Crippen LogP contribution in [-0.4, -0.2) is 12.1 Å². The van der Waals surface area contributed by atoms with E-state index in [9.17, 15) is 4.79 Å². The molecule has 0 spiro atoms. The minimum absolute atomic E-state index is 0.0269. The Hall–Kier alpha value is -0.530. The molecule has 0 N–H and O–H groups in total. The maximum Gasteiger partial charge on any atom is 0.309 e. The fourth-order valence-electron chi connectivity index (χ4n) is 2.37. The van der Waals surface area contributed by atoms with E-state index in [0.717, 1.165) is 31.6 Å². The molecule has 0 aromatic heterocycles. The average Bonchev–Trinajstić information content (AvgIpc) is 2.31. The van der Waals surface area contributed by atoms with Crippen molar-refractivity contribution < 1.29 is 9.53 Å². The molecular formula is C16H32O2. The zero-order valence-electron chi connectivity index (χ0n) is 13.0. The van der Waals surface area contributed by atoms with Crippen molar-refractivity contribution in [3.8, 4) is 0 Å². The second kappa shape index (κ2) is 10.4. The summed E-state index contributed by atoms with van der Waals surface area (Å²) in [7, 11) is 0. The summed E-state index contributed by atoms with van der Waals surface area (Å²) in [6.07, 6.45) is 7.88.